The number of alkyl halides is 1. The Labute approximate surface area is 111 Å². The molecule has 0 heterocycles. The summed E-state index contributed by atoms with van der Waals surface area (Å²) in [5.41, 5.74) is 1.22. The van der Waals surface area contributed by atoms with Crippen molar-refractivity contribution in [1.29, 1.82) is 0 Å². The highest BCUT2D eigenvalue weighted by Crippen LogP contribution is 2.23. The maximum atomic E-state index is 13.7. The van der Waals surface area contributed by atoms with Crippen LogP contribution in [0.2, 0.25) is 0 Å². The van der Waals surface area contributed by atoms with E-state index in [-0.39, 0.29) is 5.83 Å². The van der Waals surface area contributed by atoms with Gasteiger partial charge in [-0.1, -0.05) is 24.3 Å². The molecule has 0 spiro atoms. The van der Waals surface area contributed by atoms with Gasteiger partial charge in [0.25, 0.3) is 0 Å². The number of ether oxygens (including phenoxy) is 1. The first-order valence-electron chi connectivity index (χ1n) is 6.23. The molecule has 1 atom stereocenters. The Kier molecular flexibility index (Phi) is 4.50. The first-order chi connectivity index (χ1) is 9.19. The quantitative estimate of drug-likeness (QED) is 0.772. The molecule has 100 valence electrons. The summed E-state index contributed by atoms with van der Waals surface area (Å²) in [6.45, 7) is 0. The van der Waals surface area contributed by atoms with Crippen molar-refractivity contribution in [1.82, 2.24) is 0 Å². The number of hydrogen-bond donors (Lipinski definition) is 0. The summed E-state index contributed by atoms with van der Waals surface area (Å²) in [4.78, 5) is 0. The summed E-state index contributed by atoms with van der Waals surface area (Å²) in [5.74, 6) is 0.408. The molecule has 3 heteroatoms. The summed E-state index contributed by atoms with van der Waals surface area (Å²) >= 11 is 0. The van der Waals surface area contributed by atoms with Crippen molar-refractivity contribution < 1.29 is 13.5 Å². The molecule has 1 aromatic carbocycles. The molecule has 2 rings (SSSR count). The molecule has 0 saturated carbocycles. The highest BCUT2D eigenvalue weighted by Gasteiger charge is 2.11. The molecule has 0 aliphatic heterocycles. The summed E-state index contributed by atoms with van der Waals surface area (Å²) in [6, 6.07) is 7.37. The first-order valence-corrected chi connectivity index (χ1v) is 6.23. The molecular formula is C16H16F2O. The van der Waals surface area contributed by atoms with Crippen LogP contribution in [0.1, 0.15) is 18.4 Å². The minimum absolute atomic E-state index is 0.306. The number of rotatable bonds is 3. The van der Waals surface area contributed by atoms with E-state index in [1.54, 1.807) is 19.3 Å². The van der Waals surface area contributed by atoms with Gasteiger partial charge in [-0.2, -0.15) is 0 Å². The second kappa shape index (κ2) is 6.32. The van der Waals surface area contributed by atoms with E-state index in [1.807, 2.05) is 24.3 Å². The van der Waals surface area contributed by atoms with Crippen LogP contribution in [0, 0.1) is 0 Å². The van der Waals surface area contributed by atoms with Gasteiger partial charge in [0.1, 0.15) is 17.7 Å². The average Bonchev–Trinajstić information content (AvgIpc) is 2.58. The van der Waals surface area contributed by atoms with E-state index in [9.17, 15) is 8.78 Å². The molecule has 0 aromatic heterocycles. The third kappa shape index (κ3) is 3.78. The van der Waals surface area contributed by atoms with Crippen LogP contribution in [0.15, 0.2) is 53.9 Å². The largest absolute Gasteiger partial charge is 0.497 e. The molecule has 0 bridgehead atoms. The van der Waals surface area contributed by atoms with Gasteiger partial charge < -0.3 is 4.74 Å². The van der Waals surface area contributed by atoms with Crippen molar-refractivity contribution in [3.8, 4) is 5.75 Å². The number of methoxy groups -OCH3 is 1. The molecule has 0 saturated heterocycles. The smallest absolute Gasteiger partial charge is 0.126 e. The Hall–Kier alpha value is -1.90. The Morgan fingerprint density at radius 2 is 1.95 bits per heavy atom. The van der Waals surface area contributed by atoms with Crippen molar-refractivity contribution >= 4 is 6.08 Å². The zero-order valence-electron chi connectivity index (χ0n) is 10.8. The lowest BCUT2D eigenvalue weighted by molar-refractivity contribution is 0.381. The molecule has 1 nitrogen and oxygen atoms in total. The second-order valence-electron chi connectivity index (χ2n) is 4.37. The zero-order valence-corrected chi connectivity index (χ0v) is 10.8. The van der Waals surface area contributed by atoms with Crippen LogP contribution in [-0.2, 0) is 0 Å². The summed E-state index contributed by atoms with van der Waals surface area (Å²) < 4.78 is 32.1. The van der Waals surface area contributed by atoms with Crippen LogP contribution < -0.4 is 4.74 Å². The van der Waals surface area contributed by atoms with Crippen LogP contribution in [-0.4, -0.2) is 13.3 Å². The molecule has 1 aromatic rings. The van der Waals surface area contributed by atoms with Gasteiger partial charge in [-0.15, -0.1) is 0 Å². The monoisotopic (exact) mass is 262 g/mol. The SMILES string of the molecule is COc1ccc(/C=C/C2=CC(F)CCC=C2F)cc1. The predicted molar refractivity (Wildman–Crippen MR) is 73.4 cm³/mol. The van der Waals surface area contributed by atoms with E-state index in [0.29, 0.717) is 18.4 Å². The molecule has 1 aliphatic rings. The van der Waals surface area contributed by atoms with E-state index in [1.165, 1.54) is 12.2 Å². The van der Waals surface area contributed by atoms with Crippen molar-refractivity contribution in [2.75, 3.05) is 7.11 Å². The van der Waals surface area contributed by atoms with Crippen LogP contribution in [0.3, 0.4) is 0 Å². The third-order valence-corrected chi connectivity index (χ3v) is 2.97. The molecule has 19 heavy (non-hydrogen) atoms. The molecule has 1 unspecified atom stereocenters. The van der Waals surface area contributed by atoms with Gasteiger partial charge in [-0.3, -0.25) is 0 Å². The molecule has 0 radical (unpaired) electrons. The fourth-order valence-electron chi connectivity index (χ4n) is 1.88. The lowest BCUT2D eigenvalue weighted by Gasteiger charge is -2.01. The Bertz CT molecular complexity index is 512. The molecule has 1 aliphatic carbocycles. The Balaban J connectivity index is 2.15. The van der Waals surface area contributed by atoms with Crippen molar-refractivity contribution in [3.05, 3.63) is 59.5 Å². The van der Waals surface area contributed by atoms with Gasteiger partial charge in [0.2, 0.25) is 0 Å². The molecule has 0 N–H and O–H groups in total. The summed E-state index contributed by atoms with van der Waals surface area (Å²) in [5, 5.41) is 0. The fraction of sp³-hybridized carbons (Fsp3) is 0.250. The second-order valence-corrected chi connectivity index (χ2v) is 4.37. The van der Waals surface area contributed by atoms with Crippen LogP contribution in [0.5, 0.6) is 5.75 Å². The number of halogens is 2. The van der Waals surface area contributed by atoms with Crippen molar-refractivity contribution in [3.63, 3.8) is 0 Å². The van der Waals surface area contributed by atoms with Gasteiger partial charge in [-0.25, -0.2) is 8.78 Å². The maximum absolute atomic E-state index is 13.7. The molecule has 0 amide bonds. The van der Waals surface area contributed by atoms with E-state index < -0.39 is 6.17 Å². The number of benzene rings is 1. The Morgan fingerprint density at radius 3 is 2.63 bits per heavy atom. The zero-order chi connectivity index (χ0) is 13.7. The lowest BCUT2D eigenvalue weighted by Crippen LogP contribution is -1.93. The van der Waals surface area contributed by atoms with E-state index in [4.69, 9.17) is 4.74 Å². The van der Waals surface area contributed by atoms with Gasteiger partial charge in [-0.05, 0) is 42.7 Å². The highest BCUT2D eigenvalue weighted by molar-refractivity contribution is 5.56. The summed E-state index contributed by atoms with van der Waals surface area (Å²) in [7, 11) is 1.60. The standard InChI is InChI=1S/C16H16F2O/c1-19-15-9-6-12(7-10-15)5-8-13-11-14(17)3-2-4-16(13)18/h4-11,14H,2-3H2,1H3/b8-5+. The third-order valence-electron chi connectivity index (χ3n) is 2.97. The van der Waals surface area contributed by atoms with Gasteiger partial charge >= 0.3 is 0 Å². The highest BCUT2D eigenvalue weighted by atomic mass is 19.1. The van der Waals surface area contributed by atoms with Crippen LogP contribution in [0.25, 0.3) is 6.08 Å². The number of hydrogen-bond acceptors (Lipinski definition) is 1. The Morgan fingerprint density at radius 1 is 1.21 bits per heavy atom. The van der Waals surface area contributed by atoms with E-state index in [0.717, 1.165) is 11.3 Å². The van der Waals surface area contributed by atoms with Gasteiger partial charge in [0, 0.05) is 5.57 Å². The van der Waals surface area contributed by atoms with Gasteiger partial charge in [0.15, 0.2) is 0 Å². The fourth-order valence-corrected chi connectivity index (χ4v) is 1.88. The van der Waals surface area contributed by atoms with Crippen molar-refractivity contribution in [2.45, 2.75) is 19.0 Å². The molecular weight excluding hydrogens is 246 g/mol. The average molecular weight is 262 g/mol. The minimum atomic E-state index is -1.08. The predicted octanol–water partition coefficient (Wildman–Crippen LogP) is 4.62. The maximum Gasteiger partial charge on any atom is 0.126 e. The van der Waals surface area contributed by atoms with E-state index >= 15 is 0 Å². The summed E-state index contributed by atoms with van der Waals surface area (Å²) in [6.07, 6.45) is 5.82. The van der Waals surface area contributed by atoms with Gasteiger partial charge in [0.05, 0.1) is 7.11 Å². The topological polar surface area (TPSA) is 9.23 Å². The normalized spacial score (nSPS) is 19.8. The first kappa shape index (κ1) is 13.5. The number of allylic oxidation sites excluding steroid dienone is 5. The minimum Gasteiger partial charge on any atom is -0.497 e. The van der Waals surface area contributed by atoms with Crippen molar-refractivity contribution in [2.24, 2.45) is 0 Å². The van der Waals surface area contributed by atoms with E-state index in [2.05, 4.69) is 0 Å². The lowest BCUT2D eigenvalue weighted by atomic mass is 10.1. The van der Waals surface area contributed by atoms with Crippen LogP contribution >= 0.6 is 0 Å². The van der Waals surface area contributed by atoms with Crippen LogP contribution in [0.4, 0.5) is 8.78 Å². The molecule has 0 fully saturated rings.